The number of carbonyl (C=O) groups is 1. The Morgan fingerprint density at radius 2 is 2.27 bits per heavy atom. The molecule has 0 radical (unpaired) electrons. The van der Waals surface area contributed by atoms with Gasteiger partial charge in [0.15, 0.2) is 0 Å². The van der Waals surface area contributed by atoms with Gasteiger partial charge in [0.1, 0.15) is 6.61 Å². The number of carbonyl (C=O) groups excluding carboxylic acids is 1. The van der Waals surface area contributed by atoms with Crippen molar-refractivity contribution in [2.24, 2.45) is 0 Å². The molecule has 2 aliphatic heterocycles. The minimum atomic E-state index is -0.168. The van der Waals surface area contributed by atoms with Crippen molar-refractivity contribution in [3.05, 3.63) is 35.0 Å². The third-order valence-electron chi connectivity index (χ3n) is 4.82. The number of fused-ring (bicyclic) bond motifs is 4. The van der Waals surface area contributed by atoms with Crippen LogP contribution in [0.5, 0.6) is 0 Å². The Morgan fingerprint density at radius 1 is 1.41 bits per heavy atom. The summed E-state index contributed by atoms with van der Waals surface area (Å²) in [6.07, 6.45) is 3.85. The molecule has 116 valence electrons. The summed E-state index contributed by atoms with van der Waals surface area (Å²) < 4.78 is 5.21. The molecule has 1 amide bonds. The Labute approximate surface area is 129 Å². The van der Waals surface area contributed by atoms with Crippen LogP contribution in [0.1, 0.15) is 16.7 Å². The zero-order valence-electron chi connectivity index (χ0n) is 13.1. The van der Waals surface area contributed by atoms with E-state index < -0.39 is 0 Å². The Balaban J connectivity index is 1.77. The lowest BCUT2D eigenvalue weighted by molar-refractivity contribution is 0.155. The van der Waals surface area contributed by atoms with E-state index in [1.54, 1.807) is 0 Å². The molecule has 2 aliphatic rings. The van der Waals surface area contributed by atoms with Crippen LogP contribution in [-0.2, 0) is 24.1 Å². The first-order valence-corrected chi connectivity index (χ1v) is 7.82. The fraction of sp³-hybridized carbons (Fsp3) is 0.471. The van der Waals surface area contributed by atoms with Crippen LogP contribution in [0.4, 0.5) is 4.79 Å². The standard InChI is InChI=1S/C17H21N3O2/c1-19(2)6-5-12-8-18-15-4-3-11-7-13-10-22-17(21)20(13)9-14(11)16(12)15/h3-4,8,13,18H,5-7,9-10H2,1-2H3. The fourth-order valence-corrected chi connectivity index (χ4v) is 3.60. The number of H-pyrrole nitrogens is 1. The van der Waals surface area contributed by atoms with Crippen LogP contribution in [0.2, 0.25) is 0 Å². The number of hydrogen-bond acceptors (Lipinski definition) is 3. The second-order valence-electron chi connectivity index (χ2n) is 6.56. The van der Waals surface area contributed by atoms with Gasteiger partial charge in [0.2, 0.25) is 0 Å². The number of cyclic esters (lactones) is 1. The first kappa shape index (κ1) is 13.6. The van der Waals surface area contributed by atoms with Gasteiger partial charge in [0.25, 0.3) is 0 Å². The molecule has 0 bridgehead atoms. The zero-order valence-corrected chi connectivity index (χ0v) is 13.1. The summed E-state index contributed by atoms with van der Waals surface area (Å²) in [5.74, 6) is 0. The molecular formula is C17H21N3O2. The average molecular weight is 299 g/mol. The molecule has 1 fully saturated rings. The van der Waals surface area contributed by atoms with Gasteiger partial charge in [-0.1, -0.05) is 6.07 Å². The highest BCUT2D eigenvalue weighted by atomic mass is 16.6. The van der Waals surface area contributed by atoms with Crippen molar-refractivity contribution in [1.29, 1.82) is 0 Å². The lowest BCUT2D eigenvalue weighted by Crippen LogP contribution is -2.38. The molecule has 0 aliphatic carbocycles. The summed E-state index contributed by atoms with van der Waals surface area (Å²) in [6.45, 7) is 2.21. The lowest BCUT2D eigenvalue weighted by atomic mass is 9.91. The van der Waals surface area contributed by atoms with E-state index in [0.717, 1.165) is 19.4 Å². The van der Waals surface area contributed by atoms with Gasteiger partial charge in [0, 0.05) is 23.6 Å². The number of aromatic amines is 1. The van der Waals surface area contributed by atoms with Gasteiger partial charge < -0.3 is 14.6 Å². The Hall–Kier alpha value is -2.01. The summed E-state index contributed by atoms with van der Waals surface area (Å²) in [6, 6.07) is 4.58. The van der Waals surface area contributed by atoms with Crippen molar-refractivity contribution >= 4 is 17.0 Å². The van der Waals surface area contributed by atoms with E-state index in [4.69, 9.17) is 4.74 Å². The number of hydrogen-bond donors (Lipinski definition) is 1. The van der Waals surface area contributed by atoms with Gasteiger partial charge in [-0.3, -0.25) is 4.90 Å². The molecule has 1 atom stereocenters. The molecule has 5 heteroatoms. The van der Waals surface area contributed by atoms with Crippen LogP contribution >= 0.6 is 0 Å². The number of nitrogens with one attached hydrogen (secondary N) is 1. The molecule has 1 aromatic carbocycles. The number of benzene rings is 1. The average Bonchev–Trinajstić information content (AvgIpc) is 3.07. The van der Waals surface area contributed by atoms with Crippen LogP contribution in [0.3, 0.4) is 0 Å². The van der Waals surface area contributed by atoms with Gasteiger partial charge in [-0.15, -0.1) is 0 Å². The largest absolute Gasteiger partial charge is 0.447 e. The first-order valence-electron chi connectivity index (χ1n) is 7.82. The number of ether oxygens (including phenoxy) is 1. The highest BCUT2D eigenvalue weighted by molar-refractivity contribution is 5.88. The highest BCUT2D eigenvalue weighted by Gasteiger charge is 2.37. The van der Waals surface area contributed by atoms with Gasteiger partial charge in [-0.2, -0.15) is 0 Å². The predicted octanol–water partition coefficient (Wildman–Crippen LogP) is 2.15. The van der Waals surface area contributed by atoms with Crippen LogP contribution in [-0.4, -0.2) is 54.2 Å². The molecule has 2 aromatic rings. The third kappa shape index (κ3) is 2.08. The van der Waals surface area contributed by atoms with E-state index >= 15 is 0 Å². The topological polar surface area (TPSA) is 48.6 Å². The van der Waals surface area contributed by atoms with Crippen LogP contribution in [0.15, 0.2) is 18.3 Å². The second kappa shape index (κ2) is 5.02. The lowest BCUT2D eigenvalue weighted by Gasteiger charge is -2.29. The third-order valence-corrected chi connectivity index (χ3v) is 4.82. The number of aromatic nitrogens is 1. The van der Waals surface area contributed by atoms with Crippen molar-refractivity contribution in [3.63, 3.8) is 0 Å². The first-order chi connectivity index (χ1) is 10.6. The maximum atomic E-state index is 11.9. The Morgan fingerprint density at radius 3 is 3.09 bits per heavy atom. The summed E-state index contributed by atoms with van der Waals surface area (Å²) >= 11 is 0. The molecule has 0 saturated carbocycles. The summed E-state index contributed by atoms with van der Waals surface area (Å²) in [4.78, 5) is 19.3. The quantitative estimate of drug-likeness (QED) is 0.945. The van der Waals surface area contributed by atoms with E-state index in [2.05, 4.69) is 42.3 Å². The number of rotatable bonds is 3. The van der Waals surface area contributed by atoms with Gasteiger partial charge in [-0.05, 0) is 49.7 Å². The monoisotopic (exact) mass is 299 g/mol. The van der Waals surface area contributed by atoms with Crippen LogP contribution in [0, 0.1) is 0 Å². The molecule has 1 saturated heterocycles. The molecule has 22 heavy (non-hydrogen) atoms. The van der Waals surface area contributed by atoms with E-state index in [9.17, 15) is 4.79 Å². The smallest absolute Gasteiger partial charge is 0.410 e. The van der Waals surface area contributed by atoms with E-state index in [0.29, 0.717) is 13.2 Å². The fourth-order valence-electron chi connectivity index (χ4n) is 3.60. The van der Waals surface area contributed by atoms with Gasteiger partial charge in [-0.25, -0.2) is 4.79 Å². The van der Waals surface area contributed by atoms with E-state index in [-0.39, 0.29) is 12.1 Å². The molecule has 1 unspecified atom stereocenters. The molecule has 0 spiro atoms. The Kier molecular flexibility index (Phi) is 3.11. The molecule has 3 heterocycles. The number of amides is 1. The molecule has 5 nitrogen and oxygen atoms in total. The molecular weight excluding hydrogens is 278 g/mol. The van der Waals surface area contributed by atoms with Crippen molar-refractivity contribution in [1.82, 2.24) is 14.8 Å². The summed E-state index contributed by atoms with van der Waals surface area (Å²) in [5, 5.41) is 1.30. The number of nitrogens with zero attached hydrogens (tertiary/aromatic N) is 2. The van der Waals surface area contributed by atoms with Gasteiger partial charge >= 0.3 is 6.09 Å². The Bertz CT molecular complexity index is 735. The zero-order chi connectivity index (χ0) is 15.3. The maximum Gasteiger partial charge on any atom is 0.410 e. The van der Waals surface area contributed by atoms with Crippen LogP contribution in [0.25, 0.3) is 10.9 Å². The molecule has 1 aromatic heterocycles. The van der Waals surface area contributed by atoms with Gasteiger partial charge in [0.05, 0.1) is 12.6 Å². The SMILES string of the molecule is CN(C)CCc1c[nH]c2ccc3c(c12)CN1C(=O)OCC1C3. The predicted molar refractivity (Wildman–Crippen MR) is 84.9 cm³/mol. The van der Waals surface area contributed by atoms with Crippen molar-refractivity contribution < 1.29 is 9.53 Å². The minimum Gasteiger partial charge on any atom is -0.447 e. The van der Waals surface area contributed by atoms with E-state index in [1.165, 1.54) is 27.6 Å². The van der Waals surface area contributed by atoms with E-state index in [1.807, 2.05) is 4.90 Å². The summed E-state index contributed by atoms with van der Waals surface area (Å²) in [5.41, 5.74) is 5.16. The van der Waals surface area contributed by atoms with Crippen molar-refractivity contribution in [3.8, 4) is 0 Å². The second-order valence-corrected chi connectivity index (χ2v) is 6.56. The van der Waals surface area contributed by atoms with Crippen molar-refractivity contribution in [2.45, 2.75) is 25.4 Å². The molecule has 1 N–H and O–H groups in total. The van der Waals surface area contributed by atoms with Crippen molar-refractivity contribution in [2.75, 3.05) is 27.2 Å². The molecule has 4 rings (SSSR count). The highest BCUT2D eigenvalue weighted by Crippen LogP contribution is 2.34. The normalized spacial score (nSPS) is 20.4. The number of likely N-dealkylation sites (N-methyl/N-ethyl adjacent to an activating group) is 1. The summed E-state index contributed by atoms with van der Waals surface area (Å²) in [7, 11) is 4.18. The van der Waals surface area contributed by atoms with Crippen LogP contribution < -0.4 is 0 Å². The maximum absolute atomic E-state index is 11.9. The minimum absolute atomic E-state index is 0.168.